The average Bonchev–Trinajstić information content (AvgIpc) is 3.15. The van der Waals surface area contributed by atoms with E-state index in [1.54, 1.807) is 0 Å². The third-order valence-electron chi connectivity index (χ3n) is 9.31. The number of carbonyl (C=O) groups is 2. The standard InChI is InChI=1S/C46H84NO8P/c1-6-8-10-12-14-16-18-20-21-22-23-24-25-27-29-31-33-35-37-39-46(49)55-44(43-54-56(50,51)53-41-40-47(3,4)5)42-52-45(48)38-36-34-32-30-28-26-19-17-15-13-11-9-7-2/h11,13-14,16-17,19-21,44H,6-10,12,15,18,22-43H2,1-5H3/p+1/b13-11-,16-14-,19-17-,21-20-. The van der Waals surface area contributed by atoms with Gasteiger partial charge in [0.05, 0.1) is 27.7 Å². The van der Waals surface area contributed by atoms with Crippen molar-refractivity contribution in [1.82, 2.24) is 0 Å². The molecule has 0 aliphatic carbocycles. The topological polar surface area (TPSA) is 108 Å². The summed E-state index contributed by atoms with van der Waals surface area (Å²) in [4.78, 5) is 35.4. The molecule has 0 heterocycles. The Morgan fingerprint density at radius 3 is 1.48 bits per heavy atom. The largest absolute Gasteiger partial charge is 0.472 e. The van der Waals surface area contributed by atoms with E-state index in [0.717, 1.165) is 83.5 Å². The number of likely N-dealkylation sites (N-methyl/N-ethyl adjacent to an activating group) is 1. The summed E-state index contributed by atoms with van der Waals surface area (Å²) < 4.78 is 34.3. The van der Waals surface area contributed by atoms with Crippen LogP contribution in [0.2, 0.25) is 0 Å². The van der Waals surface area contributed by atoms with E-state index in [2.05, 4.69) is 62.5 Å². The second-order valence-corrected chi connectivity index (χ2v) is 17.5. The number of quaternary nitrogens is 1. The zero-order valence-corrected chi connectivity index (χ0v) is 37.5. The molecular weight excluding hydrogens is 725 g/mol. The number of allylic oxidation sites excluding steroid dienone is 8. The SMILES string of the molecule is CCC/C=C\C/C=C\CCCCCCCC(=O)OCC(COP(=O)(O)OCC[N+](C)(C)C)OC(=O)CCCCCCCCCCC/C=C\C/C=C\CCCCC. The maximum absolute atomic E-state index is 12.7. The van der Waals surface area contributed by atoms with Crippen LogP contribution in [0.3, 0.4) is 0 Å². The van der Waals surface area contributed by atoms with Crippen molar-refractivity contribution in [3.8, 4) is 0 Å². The van der Waals surface area contributed by atoms with Gasteiger partial charge in [-0.05, 0) is 70.6 Å². The third kappa shape index (κ3) is 41.6. The lowest BCUT2D eigenvalue weighted by Gasteiger charge is -2.24. The zero-order valence-electron chi connectivity index (χ0n) is 36.6. The quantitative estimate of drug-likeness (QED) is 0.0214. The van der Waals surface area contributed by atoms with Crippen molar-refractivity contribution in [3.63, 3.8) is 0 Å². The Bertz CT molecular complexity index is 1100. The van der Waals surface area contributed by atoms with Crippen LogP contribution in [0, 0.1) is 0 Å². The third-order valence-corrected chi connectivity index (χ3v) is 10.3. The monoisotopic (exact) mass is 811 g/mol. The van der Waals surface area contributed by atoms with E-state index in [0.29, 0.717) is 17.4 Å². The normalized spacial score (nSPS) is 14.0. The molecule has 0 rings (SSSR count). The molecule has 0 aromatic rings. The van der Waals surface area contributed by atoms with Crippen molar-refractivity contribution in [2.24, 2.45) is 0 Å². The van der Waals surface area contributed by atoms with Crippen LogP contribution in [-0.2, 0) is 32.7 Å². The molecule has 0 radical (unpaired) electrons. The van der Waals surface area contributed by atoms with Crippen molar-refractivity contribution >= 4 is 19.8 Å². The molecule has 0 aromatic carbocycles. The lowest BCUT2D eigenvalue weighted by Crippen LogP contribution is -2.37. The van der Waals surface area contributed by atoms with Gasteiger partial charge in [-0.2, -0.15) is 0 Å². The maximum Gasteiger partial charge on any atom is 0.472 e. The van der Waals surface area contributed by atoms with Crippen molar-refractivity contribution in [3.05, 3.63) is 48.6 Å². The molecule has 1 N–H and O–H groups in total. The molecule has 0 aromatic heterocycles. The van der Waals surface area contributed by atoms with Gasteiger partial charge < -0.3 is 18.9 Å². The van der Waals surface area contributed by atoms with Crippen molar-refractivity contribution < 1.29 is 42.1 Å². The Morgan fingerprint density at radius 1 is 0.554 bits per heavy atom. The summed E-state index contributed by atoms with van der Waals surface area (Å²) in [7, 11) is 1.46. The number of phosphoric ester groups is 1. The van der Waals surface area contributed by atoms with Crippen molar-refractivity contribution in [2.75, 3.05) is 47.5 Å². The number of hydrogen-bond donors (Lipinski definition) is 1. The van der Waals surface area contributed by atoms with Crippen molar-refractivity contribution in [2.45, 2.75) is 187 Å². The Balaban J connectivity index is 4.35. The van der Waals surface area contributed by atoms with Gasteiger partial charge in [0.15, 0.2) is 6.10 Å². The molecule has 9 nitrogen and oxygen atoms in total. The minimum Gasteiger partial charge on any atom is -0.462 e. The molecule has 0 saturated heterocycles. The Hall–Kier alpha value is -2.03. The number of carbonyl (C=O) groups excluding carboxylic acids is 2. The molecule has 2 atom stereocenters. The van der Waals surface area contributed by atoms with Gasteiger partial charge in [0.25, 0.3) is 0 Å². The van der Waals surface area contributed by atoms with E-state index in [-0.39, 0.29) is 32.0 Å². The van der Waals surface area contributed by atoms with Crippen LogP contribution in [0.15, 0.2) is 48.6 Å². The lowest BCUT2D eigenvalue weighted by atomic mass is 10.1. The first-order valence-corrected chi connectivity index (χ1v) is 23.9. The van der Waals surface area contributed by atoms with E-state index in [4.69, 9.17) is 18.5 Å². The molecule has 0 aliphatic rings. The summed E-state index contributed by atoms with van der Waals surface area (Å²) in [5.74, 6) is -0.821. The summed E-state index contributed by atoms with van der Waals surface area (Å²) >= 11 is 0. The number of esters is 2. The highest BCUT2D eigenvalue weighted by Gasteiger charge is 2.27. The lowest BCUT2D eigenvalue weighted by molar-refractivity contribution is -0.870. The Kier molecular flexibility index (Phi) is 37.1. The highest BCUT2D eigenvalue weighted by atomic mass is 31.2. The zero-order chi connectivity index (χ0) is 41.4. The van der Waals surface area contributed by atoms with Crippen LogP contribution in [-0.4, -0.2) is 74.9 Å². The van der Waals surface area contributed by atoms with Crippen LogP contribution in [0.5, 0.6) is 0 Å². The second-order valence-electron chi connectivity index (χ2n) is 16.1. The fourth-order valence-corrected chi connectivity index (χ4v) is 6.53. The minimum absolute atomic E-state index is 0.0271. The van der Waals surface area contributed by atoms with E-state index >= 15 is 0 Å². The van der Waals surface area contributed by atoms with E-state index in [1.807, 2.05) is 21.1 Å². The number of hydrogen-bond acceptors (Lipinski definition) is 7. The van der Waals surface area contributed by atoms with E-state index < -0.39 is 26.5 Å². The molecule has 0 aliphatic heterocycles. The first-order valence-electron chi connectivity index (χ1n) is 22.4. The Morgan fingerprint density at radius 2 is 1.00 bits per heavy atom. The van der Waals surface area contributed by atoms with Gasteiger partial charge in [-0.25, -0.2) is 4.57 Å². The molecule has 0 fully saturated rings. The molecule has 10 heteroatoms. The predicted octanol–water partition coefficient (Wildman–Crippen LogP) is 12.7. The van der Waals surface area contributed by atoms with E-state index in [1.165, 1.54) is 64.2 Å². The van der Waals surface area contributed by atoms with Gasteiger partial charge in [-0.15, -0.1) is 0 Å². The van der Waals surface area contributed by atoms with Crippen LogP contribution < -0.4 is 0 Å². The molecule has 2 unspecified atom stereocenters. The number of phosphoric acid groups is 1. The molecule has 326 valence electrons. The van der Waals surface area contributed by atoms with Gasteiger partial charge in [-0.3, -0.25) is 18.6 Å². The smallest absolute Gasteiger partial charge is 0.462 e. The first kappa shape index (κ1) is 54.0. The number of rotatable bonds is 40. The van der Waals surface area contributed by atoms with E-state index in [9.17, 15) is 19.0 Å². The van der Waals surface area contributed by atoms with Crippen LogP contribution in [0.4, 0.5) is 0 Å². The second kappa shape index (κ2) is 38.5. The van der Waals surface area contributed by atoms with Gasteiger partial charge in [0, 0.05) is 12.8 Å². The first-order chi connectivity index (χ1) is 27.0. The number of ether oxygens (including phenoxy) is 2. The fourth-order valence-electron chi connectivity index (χ4n) is 5.79. The molecule has 0 spiro atoms. The van der Waals surface area contributed by atoms with Crippen LogP contribution in [0.1, 0.15) is 181 Å². The van der Waals surface area contributed by atoms with Gasteiger partial charge in [0.1, 0.15) is 19.8 Å². The summed E-state index contributed by atoms with van der Waals surface area (Å²) in [5.41, 5.74) is 0. The summed E-state index contributed by atoms with van der Waals surface area (Å²) in [5, 5.41) is 0. The molecular formula is C46H85NO8P+. The maximum atomic E-state index is 12.7. The molecule has 0 amide bonds. The molecule has 56 heavy (non-hydrogen) atoms. The van der Waals surface area contributed by atoms with Gasteiger partial charge >= 0.3 is 19.8 Å². The summed E-state index contributed by atoms with van der Waals surface area (Å²) in [6, 6.07) is 0. The van der Waals surface area contributed by atoms with Gasteiger partial charge in [-0.1, -0.05) is 146 Å². The fraction of sp³-hybridized carbons (Fsp3) is 0.783. The van der Waals surface area contributed by atoms with Gasteiger partial charge in [0.2, 0.25) is 0 Å². The van der Waals surface area contributed by atoms with Crippen LogP contribution >= 0.6 is 7.82 Å². The Labute approximate surface area is 343 Å². The number of nitrogens with zero attached hydrogens (tertiary/aromatic N) is 1. The molecule has 0 bridgehead atoms. The van der Waals surface area contributed by atoms with Crippen LogP contribution in [0.25, 0.3) is 0 Å². The summed E-state index contributed by atoms with van der Waals surface area (Å²) in [6.45, 7) is 4.31. The average molecular weight is 811 g/mol. The molecule has 0 saturated carbocycles. The predicted molar refractivity (Wildman–Crippen MR) is 233 cm³/mol. The number of unbranched alkanes of at least 4 members (excludes halogenated alkanes) is 18. The summed E-state index contributed by atoms with van der Waals surface area (Å²) in [6.07, 6.45) is 44.4. The van der Waals surface area contributed by atoms with Crippen molar-refractivity contribution in [1.29, 1.82) is 0 Å². The highest BCUT2D eigenvalue weighted by Crippen LogP contribution is 2.43. The minimum atomic E-state index is -4.38. The highest BCUT2D eigenvalue weighted by molar-refractivity contribution is 7.47.